The second-order valence-electron chi connectivity index (χ2n) is 3.68. The number of hydrogen-bond acceptors (Lipinski definition) is 2. The summed E-state index contributed by atoms with van der Waals surface area (Å²) in [6.45, 7) is 1.74. The first kappa shape index (κ1) is 12.3. The molecule has 1 atom stereocenters. The van der Waals surface area contributed by atoms with Gasteiger partial charge in [-0.25, -0.2) is 4.79 Å². The van der Waals surface area contributed by atoms with Crippen molar-refractivity contribution in [1.82, 2.24) is 9.47 Å². The van der Waals surface area contributed by atoms with Crippen LogP contribution in [0.2, 0.25) is 0 Å². The van der Waals surface area contributed by atoms with Crippen molar-refractivity contribution < 1.29 is 14.7 Å². The van der Waals surface area contributed by atoms with Crippen LogP contribution in [0.15, 0.2) is 18.3 Å². The molecular formula is C11H16N2O3. The van der Waals surface area contributed by atoms with E-state index >= 15 is 0 Å². The lowest BCUT2D eigenvalue weighted by Crippen LogP contribution is -2.42. The zero-order chi connectivity index (χ0) is 12.3. The van der Waals surface area contributed by atoms with Crippen molar-refractivity contribution in [3.05, 3.63) is 24.0 Å². The molecular weight excluding hydrogens is 208 g/mol. The van der Waals surface area contributed by atoms with Gasteiger partial charge in [0.2, 0.25) is 0 Å². The van der Waals surface area contributed by atoms with Crippen LogP contribution in [0, 0.1) is 0 Å². The number of aromatic nitrogens is 1. The fraction of sp³-hybridized carbons (Fsp3) is 0.455. The maximum absolute atomic E-state index is 12.0. The molecule has 5 nitrogen and oxygen atoms in total. The Morgan fingerprint density at radius 3 is 2.56 bits per heavy atom. The van der Waals surface area contributed by atoms with Gasteiger partial charge in [-0.2, -0.15) is 0 Å². The molecule has 1 aromatic rings. The number of aryl methyl sites for hydroxylation is 1. The first-order chi connectivity index (χ1) is 7.49. The molecule has 1 aromatic heterocycles. The minimum Gasteiger partial charge on any atom is -0.480 e. The Bertz CT molecular complexity index is 398. The molecule has 1 unspecified atom stereocenters. The van der Waals surface area contributed by atoms with Gasteiger partial charge in [-0.1, -0.05) is 6.92 Å². The number of nitrogens with zero attached hydrogens (tertiary/aromatic N) is 2. The summed E-state index contributed by atoms with van der Waals surface area (Å²) >= 11 is 0. The molecule has 16 heavy (non-hydrogen) atoms. The maximum atomic E-state index is 12.0. The molecule has 0 aromatic carbocycles. The van der Waals surface area contributed by atoms with E-state index in [1.807, 2.05) is 0 Å². The Hall–Kier alpha value is -1.78. The molecule has 1 amide bonds. The van der Waals surface area contributed by atoms with Crippen molar-refractivity contribution in [1.29, 1.82) is 0 Å². The monoisotopic (exact) mass is 224 g/mol. The molecule has 0 spiro atoms. The minimum atomic E-state index is -0.979. The van der Waals surface area contributed by atoms with E-state index in [0.717, 1.165) is 0 Å². The Kier molecular flexibility index (Phi) is 3.71. The van der Waals surface area contributed by atoms with Crippen molar-refractivity contribution in [3.63, 3.8) is 0 Å². The third kappa shape index (κ3) is 2.24. The summed E-state index contributed by atoms with van der Waals surface area (Å²) < 4.78 is 1.67. The Morgan fingerprint density at radius 1 is 1.56 bits per heavy atom. The number of carboxylic acids is 1. The van der Waals surface area contributed by atoms with Gasteiger partial charge in [0.1, 0.15) is 11.7 Å². The summed E-state index contributed by atoms with van der Waals surface area (Å²) in [7, 11) is 3.26. The van der Waals surface area contributed by atoms with E-state index in [9.17, 15) is 9.59 Å². The normalized spacial score (nSPS) is 12.2. The summed E-state index contributed by atoms with van der Waals surface area (Å²) in [5.41, 5.74) is 0.488. The molecule has 0 aliphatic carbocycles. The summed E-state index contributed by atoms with van der Waals surface area (Å²) in [6, 6.07) is 2.65. The lowest BCUT2D eigenvalue weighted by molar-refractivity contribution is -0.142. The molecule has 1 N–H and O–H groups in total. The third-order valence-electron chi connectivity index (χ3n) is 2.62. The number of hydrogen-bond donors (Lipinski definition) is 1. The molecule has 5 heteroatoms. The topological polar surface area (TPSA) is 62.5 Å². The molecule has 0 saturated heterocycles. The van der Waals surface area contributed by atoms with Crippen molar-refractivity contribution in [2.24, 2.45) is 7.05 Å². The van der Waals surface area contributed by atoms with Gasteiger partial charge in [-0.3, -0.25) is 4.79 Å². The molecule has 0 radical (unpaired) electrons. The van der Waals surface area contributed by atoms with E-state index < -0.39 is 12.0 Å². The van der Waals surface area contributed by atoms with E-state index in [4.69, 9.17) is 5.11 Å². The number of aliphatic carboxylic acids is 1. The van der Waals surface area contributed by atoms with Gasteiger partial charge < -0.3 is 14.6 Å². The minimum absolute atomic E-state index is 0.276. The van der Waals surface area contributed by atoms with Gasteiger partial charge in [0, 0.05) is 20.3 Å². The number of carboxylic acid groups (broad SMARTS) is 1. The molecule has 1 heterocycles. The highest BCUT2D eigenvalue weighted by Crippen LogP contribution is 2.09. The molecule has 0 saturated carbocycles. The zero-order valence-corrected chi connectivity index (χ0v) is 9.67. The zero-order valence-electron chi connectivity index (χ0n) is 9.67. The molecule has 0 bridgehead atoms. The second-order valence-corrected chi connectivity index (χ2v) is 3.68. The highest BCUT2D eigenvalue weighted by Gasteiger charge is 2.26. The smallest absolute Gasteiger partial charge is 0.326 e. The van der Waals surface area contributed by atoms with Gasteiger partial charge in [-0.05, 0) is 18.6 Å². The van der Waals surface area contributed by atoms with Crippen molar-refractivity contribution in [3.8, 4) is 0 Å². The van der Waals surface area contributed by atoms with Crippen LogP contribution in [0.5, 0.6) is 0 Å². The van der Waals surface area contributed by atoms with Crippen LogP contribution in [0.25, 0.3) is 0 Å². The second kappa shape index (κ2) is 4.83. The molecule has 0 aliphatic heterocycles. The van der Waals surface area contributed by atoms with Crippen LogP contribution in [-0.4, -0.2) is 39.5 Å². The summed E-state index contributed by atoms with van der Waals surface area (Å²) in [5.74, 6) is -1.26. The SMILES string of the molecule is CCC(C(=O)O)N(C)C(=O)c1cccn1C. The number of rotatable bonds is 4. The Labute approximate surface area is 94.3 Å². The Morgan fingerprint density at radius 2 is 2.19 bits per heavy atom. The highest BCUT2D eigenvalue weighted by atomic mass is 16.4. The van der Waals surface area contributed by atoms with Gasteiger partial charge in [0.05, 0.1) is 0 Å². The van der Waals surface area contributed by atoms with Crippen LogP contribution in [-0.2, 0) is 11.8 Å². The van der Waals surface area contributed by atoms with Crippen molar-refractivity contribution >= 4 is 11.9 Å². The molecule has 0 fully saturated rings. The first-order valence-corrected chi connectivity index (χ1v) is 5.10. The lowest BCUT2D eigenvalue weighted by atomic mass is 10.2. The number of amides is 1. The summed E-state index contributed by atoms with van der Waals surface area (Å²) in [4.78, 5) is 24.2. The van der Waals surface area contributed by atoms with Gasteiger partial charge in [0.15, 0.2) is 0 Å². The van der Waals surface area contributed by atoms with Crippen LogP contribution in [0.3, 0.4) is 0 Å². The quantitative estimate of drug-likeness (QED) is 0.828. The number of carbonyl (C=O) groups is 2. The average molecular weight is 224 g/mol. The van der Waals surface area contributed by atoms with E-state index in [1.54, 1.807) is 36.9 Å². The first-order valence-electron chi connectivity index (χ1n) is 5.10. The lowest BCUT2D eigenvalue weighted by Gasteiger charge is -2.23. The van der Waals surface area contributed by atoms with Crippen molar-refractivity contribution in [2.45, 2.75) is 19.4 Å². The molecule has 0 aliphatic rings. The van der Waals surface area contributed by atoms with E-state index in [1.165, 1.54) is 11.9 Å². The number of likely N-dealkylation sites (N-methyl/N-ethyl adjacent to an activating group) is 1. The van der Waals surface area contributed by atoms with Gasteiger partial charge >= 0.3 is 5.97 Å². The van der Waals surface area contributed by atoms with E-state index in [-0.39, 0.29) is 5.91 Å². The van der Waals surface area contributed by atoms with Crippen LogP contribution in [0.1, 0.15) is 23.8 Å². The standard InChI is InChI=1S/C11H16N2O3/c1-4-8(11(15)16)13(3)10(14)9-6-5-7-12(9)2/h5-8H,4H2,1-3H3,(H,15,16). The van der Waals surface area contributed by atoms with Gasteiger partial charge in [-0.15, -0.1) is 0 Å². The maximum Gasteiger partial charge on any atom is 0.326 e. The van der Waals surface area contributed by atoms with Crippen LogP contribution >= 0.6 is 0 Å². The number of carbonyl (C=O) groups excluding carboxylic acids is 1. The predicted molar refractivity (Wildman–Crippen MR) is 59.2 cm³/mol. The highest BCUT2D eigenvalue weighted by molar-refractivity contribution is 5.95. The summed E-state index contributed by atoms with van der Waals surface area (Å²) in [5, 5.41) is 8.96. The van der Waals surface area contributed by atoms with Gasteiger partial charge in [0.25, 0.3) is 5.91 Å². The molecule has 1 rings (SSSR count). The van der Waals surface area contributed by atoms with Crippen LogP contribution in [0.4, 0.5) is 0 Å². The van der Waals surface area contributed by atoms with E-state index in [2.05, 4.69) is 0 Å². The molecule has 88 valence electrons. The average Bonchev–Trinajstić information content (AvgIpc) is 2.63. The third-order valence-corrected chi connectivity index (χ3v) is 2.62. The van der Waals surface area contributed by atoms with Crippen molar-refractivity contribution in [2.75, 3.05) is 7.05 Å². The summed E-state index contributed by atoms with van der Waals surface area (Å²) in [6.07, 6.45) is 2.14. The largest absolute Gasteiger partial charge is 0.480 e. The predicted octanol–water partition coefficient (Wildman–Crippen LogP) is 0.960. The Balaban J connectivity index is 2.90. The van der Waals surface area contributed by atoms with Crippen LogP contribution < -0.4 is 0 Å². The fourth-order valence-corrected chi connectivity index (χ4v) is 1.62. The fourth-order valence-electron chi connectivity index (χ4n) is 1.62. The van der Waals surface area contributed by atoms with E-state index in [0.29, 0.717) is 12.1 Å².